The van der Waals surface area contributed by atoms with Gasteiger partial charge in [-0.1, -0.05) is 0 Å². The van der Waals surface area contributed by atoms with Crippen LogP contribution in [0.3, 0.4) is 0 Å². The standard InChI is InChI=1S/C22H24FN5O2S/c1-12-18-20(25-11-26-22(18)31-19(12)21(29)27-14-5-6-14)28-16-7-4-13(23)9-17(16)30-15-3-2-8-24-10-15/h4,7,9,11,14-15,24H,2-3,5-6,8,10H2,1H3,(H,27,29)(H,25,26,28). The summed E-state index contributed by atoms with van der Waals surface area (Å²) in [5.41, 5.74) is 1.46. The van der Waals surface area contributed by atoms with Gasteiger partial charge in [0.2, 0.25) is 0 Å². The molecule has 1 aromatic carbocycles. The minimum absolute atomic E-state index is 0.0119. The number of hydrogen-bond donors (Lipinski definition) is 3. The van der Waals surface area contributed by atoms with Crippen LogP contribution < -0.4 is 20.7 Å². The summed E-state index contributed by atoms with van der Waals surface area (Å²) in [6, 6.07) is 4.72. The smallest absolute Gasteiger partial charge is 0.261 e. The molecule has 1 atom stereocenters. The Hall–Kier alpha value is -2.78. The second-order valence-electron chi connectivity index (χ2n) is 8.06. The van der Waals surface area contributed by atoms with Crippen molar-refractivity contribution in [1.29, 1.82) is 0 Å². The van der Waals surface area contributed by atoms with Crippen LogP contribution in [-0.2, 0) is 0 Å². The van der Waals surface area contributed by atoms with Crippen molar-refractivity contribution in [2.24, 2.45) is 0 Å². The average Bonchev–Trinajstić information content (AvgIpc) is 3.51. The molecule has 31 heavy (non-hydrogen) atoms. The van der Waals surface area contributed by atoms with Crippen molar-refractivity contribution in [3.63, 3.8) is 0 Å². The van der Waals surface area contributed by atoms with Crippen LogP contribution in [0.25, 0.3) is 10.2 Å². The third kappa shape index (κ3) is 4.33. The molecule has 1 amide bonds. The van der Waals surface area contributed by atoms with E-state index in [2.05, 4.69) is 25.9 Å². The van der Waals surface area contributed by atoms with Crippen LogP contribution in [0, 0.1) is 12.7 Å². The van der Waals surface area contributed by atoms with Crippen LogP contribution in [0.15, 0.2) is 24.5 Å². The molecule has 3 N–H and O–H groups in total. The number of piperidine rings is 1. The quantitative estimate of drug-likeness (QED) is 0.538. The second kappa shape index (κ2) is 8.39. The van der Waals surface area contributed by atoms with E-state index in [4.69, 9.17) is 4.74 Å². The summed E-state index contributed by atoms with van der Waals surface area (Å²) in [6.45, 7) is 3.61. The summed E-state index contributed by atoms with van der Waals surface area (Å²) in [5, 5.41) is 10.4. The van der Waals surface area contributed by atoms with E-state index in [1.54, 1.807) is 6.07 Å². The number of carbonyl (C=O) groups excluding carboxylic acids is 1. The van der Waals surface area contributed by atoms with Gasteiger partial charge in [-0.15, -0.1) is 11.3 Å². The first-order valence-electron chi connectivity index (χ1n) is 10.6. The molecule has 7 nitrogen and oxygen atoms in total. The second-order valence-corrected chi connectivity index (χ2v) is 9.06. The highest BCUT2D eigenvalue weighted by atomic mass is 32.1. The van der Waals surface area contributed by atoms with Crippen molar-refractivity contribution in [3.05, 3.63) is 40.8 Å². The van der Waals surface area contributed by atoms with Crippen LogP contribution >= 0.6 is 11.3 Å². The third-order valence-electron chi connectivity index (χ3n) is 5.59. The lowest BCUT2D eigenvalue weighted by Gasteiger charge is -2.25. The summed E-state index contributed by atoms with van der Waals surface area (Å²) < 4.78 is 20.1. The normalized spacial score (nSPS) is 18.7. The fourth-order valence-electron chi connectivity index (χ4n) is 3.79. The molecule has 2 fully saturated rings. The predicted octanol–water partition coefficient (Wildman–Crippen LogP) is 3.91. The maximum absolute atomic E-state index is 14.0. The summed E-state index contributed by atoms with van der Waals surface area (Å²) in [4.78, 5) is 22.8. The van der Waals surface area contributed by atoms with Crippen molar-refractivity contribution < 1.29 is 13.9 Å². The van der Waals surface area contributed by atoms with Gasteiger partial charge in [0.15, 0.2) is 0 Å². The highest BCUT2D eigenvalue weighted by Gasteiger charge is 2.27. The van der Waals surface area contributed by atoms with E-state index in [-0.39, 0.29) is 23.9 Å². The van der Waals surface area contributed by atoms with Crippen molar-refractivity contribution in [3.8, 4) is 5.75 Å². The van der Waals surface area contributed by atoms with Gasteiger partial charge in [-0.3, -0.25) is 4.79 Å². The van der Waals surface area contributed by atoms with E-state index in [9.17, 15) is 9.18 Å². The Labute approximate surface area is 183 Å². The van der Waals surface area contributed by atoms with E-state index < -0.39 is 0 Å². The number of benzene rings is 1. The third-order valence-corrected chi connectivity index (χ3v) is 6.79. The summed E-state index contributed by atoms with van der Waals surface area (Å²) >= 11 is 1.36. The zero-order chi connectivity index (χ0) is 21.4. The van der Waals surface area contributed by atoms with Crippen LogP contribution in [-0.4, -0.2) is 41.1 Å². The van der Waals surface area contributed by atoms with Gasteiger partial charge in [-0.25, -0.2) is 14.4 Å². The van der Waals surface area contributed by atoms with E-state index in [0.29, 0.717) is 22.1 Å². The Morgan fingerprint density at radius 1 is 1.29 bits per heavy atom. The Bertz CT molecular complexity index is 1120. The molecule has 1 saturated carbocycles. The van der Waals surface area contributed by atoms with E-state index in [1.165, 1.54) is 29.8 Å². The minimum Gasteiger partial charge on any atom is -0.487 e. The number of aryl methyl sites for hydroxylation is 1. The molecule has 1 saturated heterocycles. The van der Waals surface area contributed by atoms with Crippen LogP contribution in [0.2, 0.25) is 0 Å². The zero-order valence-corrected chi connectivity index (χ0v) is 18.0. The molecule has 2 aliphatic rings. The van der Waals surface area contributed by atoms with E-state index in [0.717, 1.165) is 54.6 Å². The molecule has 0 bridgehead atoms. The lowest BCUT2D eigenvalue weighted by atomic mass is 10.1. The molecule has 3 heterocycles. The van der Waals surface area contributed by atoms with Crippen molar-refractivity contribution in [2.45, 2.75) is 44.8 Å². The Balaban J connectivity index is 1.46. The molecule has 9 heteroatoms. The first-order chi connectivity index (χ1) is 15.1. The predicted molar refractivity (Wildman–Crippen MR) is 119 cm³/mol. The molecule has 1 aliphatic carbocycles. The number of nitrogens with one attached hydrogen (secondary N) is 3. The van der Waals surface area contributed by atoms with E-state index in [1.807, 2.05) is 6.92 Å². The topological polar surface area (TPSA) is 88.2 Å². The molecule has 5 rings (SSSR count). The number of fused-ring (bicyclic) bond motifs is 1. The van der Waals surface area contributed by atoms with Gasteiger partial charge in [0.25, 0.3) is 5.91 Å². The minimum atomic E-state index is -0.358. The number of amides is 1. The van der Waals surface area contributed by atoms with Crippen molar-refractivity contribution in [1.82, 2.24) is 20.6 Å². The summed E-state index contributed by atoms with van der Waals surface area (Å²) in [6.07, 6.45) is 5.47. The first kappa shape index (κ1) is 20.1. The van der Waals surface area contributed by atoms with Gasteiger partial charge in [0.05, 0.1) is 16.0 Å². The Morgan fingerprint density at radius 3 is 2.94 bits per heavy atom. The van der Waals surface area contributed by atoms with Gasteiger partial charge in [0.1, 0.15) is 34.6 Å². The van der Waals surface area contributed by atoms with E-state index >= 15 is 0 Å². The number of ether oxygens (including phenoxy) is 1. The Kier molecular flexibility index (Phi) is 5.45. The average molecular weight is 442 g/mol. The number of hydrogen-bond acceptors (Lipinski definition) is 7. The molecule has 1 aliphatic heterocycles. The van der Waals surface area contributed by atoms with Gasteiger partial charge < -0.3 is 20.7 Å². The fraction of sp³-hybridized carbons (Fsp3) is 0.409. The number of aromatic nitrogens is 2. The lowest BCUT2D eigenvalue weighted by Crippen LogP contribution is -2.37. The number of rotatable bonds is 6. The molecule has 2 aromatic heterocycles. The van der Waals surface area contributed by atoms with Crippen LogP contribution in [0.1, 0.15) is 40.9 Å². The van der Waals surface area contributed by atoms with Gasteiger partial charge >= 0.3 is 0 Å². The summed E-state index contributed by atoms with van der Waals surface area (Å²) in [7, 11) is 0. The van der Waals surface area contributed by atoms with Gasteiger partial charge in [-0.2, -0.15) is 0 Å². The Morgan fingerprint density at radius 2 is 2.16 bits per heavy atom. The van der Waals surface area contributed by atoms with Crippen LogP contribution in [0.5, 0.6) is 5.75 Å². The monoisotopic (exact) mass is 441 g/mol. The maximum atomic E-state index is 14.0. The number of halogens is 1. The summed E-state index contributed by atoms with van der Waals surface area (Å²) in [5.74, 6) is 0.593. The number of carbonyl (C=O) groups is 1. The largest absolute Gasteiger partial charge is 0.487 e. The number of anilines is 2. The van der Waals surface area contributed by atoms with Gasteiger partial charge in [0, 0.05) is 18.7 Å². The molecule has 162 valence electrons. The molecular weight excluding hydrogens is 417 g/mol. The van der Waals surface area contributed by atoms with Crippen molar-refractivity contribution >= 4 is 39.0 Å². The lowest BCUT2D eigenvalue weighted by molar-refractivity contribution is 0.0954. The SMILES string of the molecule is Cc1c(C(=O)NC2CC2)sc2ncnc(Nc3ccc(F)cc3OC3CCCNC3)c12. The molecule has 0 spiro atoms. The maximum Gasteiger partial charge on any atom is 0.261 e. The number of thiophene rings is 1. The zero-order valence-electron chi connectivity index (χ0n) is 17.2. The van der Waals surface area contributed by atoms with Gasteiger partial charge in [-0.05, 0) is 56.8 Å². The molecule has 0 radical (unpaired) electrons. The first-order valence-corrected chi connectivity index (χ1v) is 11.4. The highest BCUT2D eigenvalue weighted by molar-refractivity contribution is 7.20. The highest BCUT2D eigenvalue weighted by Crippen LogP contribution is 2.37. The number of nitrogens with zero attached hydrogens (tertiary/aromatic N) is 2. The molecule has 3 aromatic rings. The van der Waals surface area contributed by atoms with Crippen LogP contribution in [0.4, 0.5) is 15.9 Å². The fourth-order valence-corrected chi connectivity index (χ4v) is 4.84. The molecule has 1 unspecified atom stereocenters. The molecular formula is C22H24FN5O2S. The van der Waals surface area contributed by atoms with Crippen molar-refractivity contribution in [2.75, 3.05) is 18.4 Å².